The van der Waals surface area contributed by atoms with Crippen molar-refractivity contribution in [3.8, 4) is 6.07 Å². The number of carboxylic acid groups (broad SMARTS) is 1. The topological polar surface area (TPSA) is 109 Å². The Balaban J connectivity index is 1.91. The Morgan fingerprint density at radius 3 is 2.56 bits per heavy atom. The number of hydrogen-bond donors (Lipinski definition) is 2. The third-order valence-electron chi connectivity index (χ3n) is 5.35. The van der Waals surface area contributed by atoms with Crippen LogP contribution >= 0.6 is 11.6 Å². The van der Waals surface area contributed by atoms with Gasteiger partial charge in [-0.1, -0.05) is 54.1 Å². The summed E-state index contributed by atoms with van der Waals surface area (Å²) in [5.41, 5.74) is 2.61. The number of esters is 1. The van der Waals surface area contributed by atoms with E-state index in [1.807, 2.05) is 36.4 Å². The van der Waals surface area contributed by atoms with Gasteiger partial charge in [0.25, 0.3) is 0 Å². The first-order valence-electron chi connectivity index (χ1n) is 10.8. The number of rotatable bonds is 10. The van der Waals surface area contributed by atoms with Gasteiger partial charge in [0.05, 0.1) is 48.5 Å². The molecule has 0 spiro atoms. The molecule has 0 saturated carbocycles. The highest BCUT2D eigenvalue weighted by Crippen LogP contribution is 2.39. The van der Waals surface area contributed by atoms with Gasteiger partial charge in [-0.25, -0.2) is 9.59 Å². The van der Waals surface area contributed by atoms with Crippen molar-refractivity contribution < 1.29 is 24.2 Å². The van der Waals surface area contributed by atoms with E-state index in [0.29, 0.717) is 35.0 Å². The average Bonchev–Trinajstić information content (AvgIpc) is 2.82. The molecule has 1 heterocycles. The Kier molecular flexibility index (Phi) is 8.86. The summed E-state index contributed by atoms with van der Waals surface area (Å²) in [4.78, 5) is 25.4. The number of halogens is 1. The number of carbonyl (C=O) groups is 2. The van der Waals surface area contributed by atoms with E-state index in [4.69, 9.17) is 26.3 Å². The third-order valence-corrected chi connectivity index (χ3v) is 5.58. The minimum Gasteiger partial charge on any atom is -0.478 e. The summed E-state index contributed by atoms with van der Waals surface area (Å²) in [5.74, 6) is -2.79. The van der Waals surface area contributed by atoms with Crippen LogP contribution in [0.3, 0.4) is 0 Å². The molecule has 2 aromatic carbocycles. The SMILES string of the molecule is CC1=C(C(=O)OCCC#N)C(c2cccc(Cl)c2)C(C(=O)O)=C(COCCc2ccccc2)N1. The molecular formula is C26H25ClN2O5. The smallest absolute Gasteiger partial charge is 0.336 e. The van der Waals surface area contributed by atoms with Gasteiger partial charge in [0.2, 0.25) is 0 Å². The molecule has 0 saturated heterocycles. The van der Waals surface area contributed by atoms with Crippen molar-refractivity contribution in [1.29, 1.82) is 5.26 Å². The first-order chi connectivity index (χ1) is 16.4. The summed E-state index contributed by atoms with van der Waals surface area (Å²) in [6.07, 6.45) is 0.717. The number of nitriles is 1. The molecule has 8 heteroatoms. The zero-order valence-electron chi connectivity index (χ0n) is 18.7. The number of aliphatic carboxylic acids is 1. The predicted octanol–water partition coefficient (Wildman–Crippen LogP) is 4.36. The highest BCUT2D eigenvalue weighted by atomic mass is 35.5. The second kappa shape index (κ2) is 12.0. The number of nitrogens with zero attached hydrogens (tertiary/aromatic N) is 1. The lowest BCUT2D eigenvalue weighted by Crippen LogP contribution is -2.34. The molecule has 3 rings (SSSR count). The van der Waals surface area contributed by atoms with Gasteiger partial charge in [0, 0.05) is 10.7 Å². The van der Waals surface area contributed by atoms with E-state index in [1.54, 1.807) is 31.2 Å². The van der Waals surface area contributed by atoms with Gasteiger partial charge in [-0.15, -0.1) is 0 Å². The maximum atomic E-state index is 12.9. The molecule has 1 atom stereocenters. The molecule has 0 aliphatic carbocycles. The maximum absolute atomic E-state index is 12.9. The summed E-state index contributed by atoms with van der Waals surface area (Å²) in [6.45, 7) is 2.02. The first kappa shape index (κ1) is 25.0. The number of nitrogens with one attached hydrogen (secondary N) is 1. The summed E-state index contributed by atoms with van der Waals surface area (Å²) in [7, 11) is 0. The lowest BCUT2D eigenvalue weighted by atomic mass is 9.80. The fraction of sp³-hybridized carbons (Fsp3) is 0.269. The second-order valence-electron chi connectivity index (χ2n) is 7.68. The molecule has 2 aromatic rings. The summed E-state index contributed by atoms with van der Waals surface area (Å²) in [5, 5.41) is 22.3. The normalized spacial score (nSPS) is 15.5. The molecule has 0 radical (unpaired) electrons. The van der Waals surface area contributed by atoms with Gasteiger partial charge in [0.15, 0.2) is 0 Å². The van der Waals surface area contributed by atoms with E-state index < -0.39 is 17.9 Å². The lowest BCUT2D eigenvalue weighted by molar-refractivity contribution is -0.139. The molecule has 0 bridgehead atoms. The van der Waals surface area contributed by atoms with E-state index in [-0.39, 0.29) is 30.8 Å². The minimum atomic E-state index is -1.19. The predicted molar refractivity (Wildman–Crippen MR) is 127 cm³/mol. The van der Waals surface area contributed by atoms with E-state index >= 15 is 0 Å². The van der Waals surface area contributed by atoms with E-state index in [2.05, 4.69) is 5.32 Å². The number of hydrogen-bond acceptors (Lipinski definition) is 6. The minimum absolute atomic E-state index is 0.0141. The van der Waals surface area contributed by atoms with Crippen molar-refractivity contribution in [1.82, 2.24) is 5.32 Å². The summed E-state index contributed by atoms with van der Waals surface area (Å²) in [6, 6.07) is 18.5. The van der Waals surface area contributed by atoms with Crippen LogP contribution in [0.25, 0.3) is 0 Å². The summed E-state index contributed by atoms with van der Waals surface area (Å²) < 4.78 is 11.1. The van der Waals surface area contributed by atoms with Gasteiger partial charge in [-0.2, -0.15) is 5.26 Å². The lowest BCUT2D eigenvalue weighted by Gasteiger charge is -2.31. The van der Waals surface area contributed by atoms with Crippen LogP contribution in [-0.2, 0) is 25.5 Å². The number of carbonyl (C=O) groups excluding carboxylic acids is 1. The number of benzene rings is 2. The van der Waals surface area contributed by atoms with Crippen molar-refractivity contribution in [2.45, 2.75) is 25.7 Å². The zero-order valence-corrected chi connectivity index (χ0v) is 19.5. The van der Waals surface area contributed by atoms with Gasteiger partial charge >= 0.3 is 11.9 Å². The number of dihydropyridines is 1. The third kappa shape index (κ3) is 6.25. The molecular weight excluding hydrogens is 456 g/mol. The monoisotopic (exact) mass is 480 g/mol. The molecule has 7 nitrogen and oxygen atoms in total. The quantitative estimate of drug-likeness (QED) is 0.384. The van der Waals surface area contributed by atoms with Crippen LogP contribution in [0.5, 0.6) is 0 Å². The van der Waals surface area contributed by atoms with Crippen molar-refractivity contribution in [3.05, 3.63) is 93.3 Å². The Morgan fingerprint density at radius 1 is 1.12 bits per heavy atom. The van der Waals surface area contributed by atoms with Crippen LogP contribution < -0.4 is 5.32 Å². The van der Waals surface area contributed by atoms with Gasteiger partial charge in [-0.3, -0.25) is 0 Å². The maximum Gasteiger partial charge on any atom is 0.336 e. The second-order valence-corrected chi connectivity index (χ2v) is 8.12. The highest BCUT2D eigenvalue weighted by molar-refractivity contribution is 6.30. The van der Waals surface area contributed by atoms with Crippen molar-refractivity contribution in [2.75, 3.05) is 19.8 Å². The van der Waals surface area contributed by atoms with E-state index in [1.165, 1.54) is 0 Å². The Morgan fingerprint density at radius 2 is 1.88 bits per heavy atom. The largest absolute Gasteiger partial charge is 0.478 e. The van der Waals surface area contributed by atoms with Crippen LogP contribution in [0.4, 0.5) is 0 Å². The Hall–Kier alpha value is -3.60. The van der Waals surface area contributed by atoms with Crippen molar-refractivity contribution in [3.63, 3.8) is 0 Å². The number of carboxylic acids is 1. The fourth-order valence-corrected chi connectivity index (χ4v) is 4.03. The van der Waals surface area contributed by atoms with Crippen LogP contribution in [0.2, 0.25) is 5.02 Å². The Bertz CT molecular complexity index is 1150. The number of allylic oxidation sites excluding steroid dienone is 1. The van der Waals surface area contributed by atoms with Gasteiger partial charge in [-0.05, 0) is 36.6 Å². The van der Waals surface area contributed by atoms with E-state index in [9.17, 15) is 14.7 Å². The molecule has 1 aliphatic heterocycles. The fourth-order valence-electron chi connectivity index (χ4n) is 3.83. The van der Waals surface area contributed by atoms with E-state index in [0.717, 1.165) is 5.56 Å². The molecule has 0 amide bonds. The van der Waals surface area contributed by atoms with Gasteiger partial charge < -0.3 is 19.9 Å². The molecule has 1 aliphatic rings. The van der Waals surface area contributed by atoms with Crippen molar-refractivity contribution in [2.24, 2.45) is 0 Å². The Labute approximate surface area is 203 Å². The molecule has 1 unspecified atom stereocenters. The van der Waals surface area contributed by atoms with Crippen LogP contribution in [0.15, 0.2) is 77.1 Å². The molecule has 176 valence electrons. The zero-order chi connectivity index (χ0) is 24.5. The molecule has 0 aromatic heterocycles. The summed E-state index contributed by atoms with van der Waals surface area (Å²) >= 11 is 6.18. The molecule has 2 N–H and O–H groups in total. The van der Waals surface area contributed by atoms with Gasteiger partial charge in [0.1, 0.15) is 6.61 Å². The molecule has 0 fully saturated rings. The first-order valence-corrected chi connectivity index (χ1v) is 11.2. The molecule has 34 heavy (non-hydrogen) atoms. The highest BCUT2D eigenvalue weighted by Gasteiger charge is 2.38. The average molecular weight is 481 g/mol. The van der Waals surface area contributed by atoms with Crippen LogP contribution in [0.1, 0.15) is 30.4 Å². The van der Waals surface area contributed by atoms with Crippen molar-refractivity contribution >= 4 is 23.5 Å². The van der Waals surface area contributed by atoms with Crippen LogP contribution in [0, 0.1) is 11.3 Å². The van der Waals surface area contributed by atoms with Crippen LogP contribution in [-0.4, -0.2) is 36.9 Å². The standard InChI is InChI=1S/C26H25ClN2O5/c1-17-22(26(32)34-13-6-12-28)23(19-9-5-10-20(27)15-19)24(25(30)31)21(29-17)16-33-14-11-18-7-3-2-4-8-18/h2-5,7-10,15,23,29H,6,11,13-14,16H2,1H3,(H,30,31). The number of ether oxygens (including phenoxy) is 2.